The molecule has 0 N–H and O–H groups in total. The van der Waals surface area contributed by atoms with Gasteiger partial charge in [0.25, 0.3) is 0 Å². The first-order valence-corrected chi connectivity index (χ1v) is 44.9. The van der Waals surface area contributed by atoms with Gasteiger partial charge in [-0.25, -0.2) is 0 Å². The summed E-state index contributed by atoms with van der Waals surface area (Å²) in [7, 11) is 0. The highest BCUT2D eigenvalue weighted by Gasteiger charge is 2.25. The molecule has 8 aromatic rings. The van der Waals surface area contributed by atoms with Crippen LogP contribution in [0.5, 0.6) is 69.0 Å². The molecule has 0 bridgehead atoms. The van der Waals surface area contributed by atoms with E-state index in [1.54, 1.807) is 0 Å². The summed E-state index contributed by atoms with van der Waals surface area (Å²) in [6.07, 6.45) is 38.7. The van der Waals surface area contributed by atoms with Crippen molar-refractivity contribution in [2.24, 2.45) is 0 Å². The van der Waals surface area contributed by atoms with Crippen LogP contribution >= 0.6 is 0 Å². The number of esters is 2. The predicted molar refractivity (Wildman–Crippen MR) is 466 cm³/mol. The number of fused-ring (bicyclic) bond motifs is 12. The van der Waals surface area contributed by atoms with Crippen LogP contribution in [0.1, 0.15) is 326 Å². The van der Waals surface area contributed by atoms with Crippen LogP contribution in [-0.2, 0) is 9.59 Å². The lowest BCUT2D eigenvalue weighted by molar-refractivity contribution is -0.135. The normalized spacial score (nSPS) is 11.6. The van der Waals surface area contributed by atoms with E-state index in [1.807, 2.05) is 12.1 Å². The molecule has 0 radical (unpaired) electrons. The third-order valence-corrected chi connectivity index (χ3v) is 21.3. The van der Waals surface area contributed by atoms with E-state index in [9.17, 15) is 9.59 Å². The number of benzene rings is 8. The molecule has 0 aliphatic heterocycles. The van der Waals surface area contributed by atoms with Gasteiger partial charge in [0.05, 0.1) is 66.1 Å². The molecule has 0 spiro atoms. The van der Waals surface area contributed by atoms with Gasteiger partial charge in [0.1, 0.15) is 0 Å². The van der Waals surface area contributed by atoms with Gasteiger partial charge in [0.15, 0.2) is 69.0 Å². The zero-order valence-electron chi connectivity index (χ0n) is 71.0. The summed E-state index contributed by atoms with van der Waals surface area (Å²) in [5.74, 6) is 7.11. The van der Waals surface area contributed by atoms with E-state index in [1.165, 1.54) is 0 Å². The standard InChI is InChI=1S/C98H142O14/c1-11-21-39-51-101-85-61-73-75-63-87(103-53-41-23-13-3)91(107-57-45-27-17-7)67-79(75)83-71-95(93(109-59-47-29-19-9)69-81(83)77(73)65-89(85)105-55-43-25-15-5)111-97(99)49-37-35-33-31-32-34-36-38-50-98(100)112-96-72-84-80-68-92(108-58-46-28-18-8)88(104-54-42-24-14-4)64-76(80)74-62-86(102-52-40-22-12-2)90(106-56-44-26-16-6)66-78(74)82(84)70-94(96)110-60-48-30-20-10/h61-72H,11-60H2,1-10H3. The Morgan fingerprint density at radius 2 is 0.295 bits per heavy atom. The maximum Gasteiger partial charge on any atom is 0.311 e. The predicted octanol–water partition coefficient (Wildman–Crippen LogP) is 28.7. The largest absolute Gasteiger partial charge is 0.490 e. The fraction of sp³-hybridized carbons (Fsp3) is 0.612. The molecule has 0 aliphatic rings. The van der Waals surface area contributed by atoms with E-state index in [0.29, 0.717) is 113 Å². The monoisotopic (exact) mass is 1540 g/mol. The summed E-state index contributed by atoms with van der Waals surface area (Å²) in [5, 5.41) is 11.7. The molecular weight excluding hydrogens is 1400 g/mol. The van der Waals surface area contributed by atoms with Crippen molar-refractivity contribution in [1.82, 2.24) is 0 Å². The lowest BCUT2D eigenvalue weighted by Gasteiger charge is -2.20. The van der Waals surface area contributed by atoms with Crippen molar-refractivity contribution in [3.05, 3.63) is 72.8 Å². The zero-order valence-corrected chi connectivity index (χ0v) is 71.0. The van der Waals surface area contributed by atoms with E-state index < -0.39 is 0 Å². The van der Waals surface area contributed by atoms with Crippen LogP contribution in [0, 0.1) is 0 Å². The average molecular weight is 1540 g/mol. The van der Waals surface area contributed by atoms with E-state index in [4.69, 9.17) is 56.8 Å². The van der Waals surface area contributed by atoms with Gasteiger partial charge < -0.3 is 56.8 Å². The van der Waals surface area contributed by atoms with E-state index in [0.717, 1.165) is 330 Å². The van der Waals surface area contributed by atoms with Crippen LogP contribution in [0.3, 0.4) is 0 Å². The van der Waals surface area contributed by atoms with E-state index >= 15 is 0 Å². The average Bonchev–Trinajstić information content (AvgIpc) is 0.732. The molecule has 0 atom stereocenters. The molecule has 0 amide bonds. The molecule has 14 nitrogen and oxygen atoms in total. The van der Waals surface area contributed by atoms with Gasteiger partial charge in [0, 0.05) is 12.8 Å². The molecule has 8 aromatic carbocycles. The Balaban J connectivity index is 0.986. The first kappa shape index (κ1) is 89.8. The second-order valence-electron chi connectivity index (χ2n) is 30.9. The van der Waals surface area contributed by atoms with E-state index in [2.05, 4.69) is 130 Å². The fourth-order valence-corrected chi connectivity index (χ4v) is 14.6. The number of rotatable bonds is 63. The Kier molecular flexibility index (Phi) is 41.6. The van der Waals surface area contributed by atoms with Crippen molar-refractivity contribution in [3.8, 4) is 69.0 Å². The summed E-state index contributed by atoms with van der Waals surface area (Å²) < 4.78 is 79.4. The van der Waals surface area contributed by atoms with Gasteiger partial charge >= 0.3 is 11.9 Å². The summed E-state index contributed by atoms with van der Waals surface area (Å²) in [6.45, 7) is 27.7. The Morgan fingerprint density at radius 1 is 0.170 bits per heavy atom. The molecule has 0 saturated heterocycles. The van der Waals surface area contributed by atoms with Crippen molar-refractivity contribution in [1.29, 1.82) is 0 Å². The van der Waals surface area contributed by atoms with Gasteiger partial charge in [-0.15, -0.1) is 0 Å². The molecule has 0 saturated carbocycles. The van der Waals surface area contributed by atoms with Crippen molar-refractivity contribution >= 4 is 76.6 Å². The third-order valence-electron chi connectivity index (χ3n) is 21.3. The number of unbranched alkanes of at least 4 members (excludes halogenated alkanes) is 27. The fourth-order valence-electron chi connectivity index (χ4n) is 14.6. The van der Waals surface area contributed by atoms with Crippen LogP contribution in [0.25, 0.3) is 64.6 Å². The summed E-state index contributed by atoms with van der Waals surface area (Å²) >= 11 is 0. The molecule has 0 heterocycles. The molecule has 0 aliphatic carbocycles. The lowest BCUT2D eigenvalue weighted by Crippen LogP contribution is -2.09. The second-order valence-corrected chi connectivity index (χ2v) is 30.9. The number of hydrogen-bond donors (Lipinski definition) is 0. The van der Waals surface area contributed by atoms with E-state index in [-0.39, 0.29) is 24.8 Å². The molecule has 0 fully saturated rings. The highest BCUT2D eigenvalue weighted by molar-refractivity contribution is 6.28. The van der Waals surface area contributed by atoms with Crippen LogP contribution in [-0.4, -0.2) is 78.0 Å². The minimum absolute atomic E-state index is 0.283. The van der Waals surface area contributed by atoms with Gasteiger partial charge in [0.2, 0.25) is 0 Å². The minimum Gasteiger partial charge on any atom is -0.490 e. The van der Waals surface area contributed by atoms with Crippen molar-refractivity contribution in [2.75, 3.05) is 66.1 Å². The van der Waals surface area contributed by atoms with Gasteiger partial charge in [-0.05, 0) is 214 Å². The first-order valence-electron chi connectivity index (χ1n) is 44.9. The summed E-state index contributed by atoms with van der Waals surface area (Å²) in [4.78, 5) is 28.3. The number of carbonyl (C=O) groups excluding carboxylic acids is 2. The zero-order chi connectivity index (χ0) is 79.3. The number of carbonyl (C=O) groups is 2. The maximum absolute atomic E-state index is 14.2. The quantitative estimate of drug-likeness (QED) is 0.0154. The topological polar surface area (TPSA) is 145 Å². The SMILES string of the molecule is CCCCCOc1cc2c3cc(OCCCCC)c(OCCCCC)cc3c3cc(OC(=O)CCCCCCCCCCC(=O)Oc4cc5c6cc(OCCCCC)c(OCCCCC)cc6c6cc(OCCCCC)c(OCCCCC)cc6c5cc4OCCCCC)c(OCCCCC)cc3c2cc1OCCCCC. The Morgan fingerprint density at radius 3 is 0.438 bits per heavy atom. The molecule has 14 heteroatoms. The Hall–Kier alpha value is -7.74. The smallest absolute Gasteiger partial charge is 0.311 e. The van der Waals surface area contributed by atoms with Gasteiger partial charge in [-0.3, -0.25) is 9.59 Å². The van der Waals surface area contributed by atoms with Crippen molar-refractivity contribution in [2.45, 2.75) is 326 Å². The first-order chi connectivity index (χ1) is 55.1. The highest BCUT2D eigenvalue weighted by Crippen LogP contribution is 2.50. The lowest BCUT2D eigenvalue weighted by atomic mass is 9.93. The van der Waals surface area contributed by atoms with Crippen LogP contribution < -0.4 is 56.8 Å². The highest BCUT2D eigenvalue weighted by atomic mass is 16.6. The molecule has 8 rings (SSSR count). The Bertz CT molecular complexity index is 3720. The van der Waals surface area contributed by atoms with Crippen molar-refractivity contribution < 1.29 is 66.4 Å². The number of ether oxygens (including phenoxy) is 12. The summed E-state index contributed by atoms with van der Waals surface area (Å²) in [5.41, 5.74) is 0. The summed E-state index contributed by atoms with van der Waals surface area (Å²) in [6, 6.07) is 25.4. The minimum atomic E-state index is -0.283. The Labute approximate surface area is 673 Å². The van der Waals surface area contributed by atoms with Crippen LogP contribution in [0.15, 0.2) is 72.8 Å². The van der Waals surface area contributed by atoms with Gasteiger partial charge in [-0.2, -0.15) is 0 Å². The molecule has 618 valence electrons. The van der Waals surface area contributed by atoms with Crippen LogP contribution in [0.4, 0.5) is 0 Å². The number of hydrogen-bond acceptors (Lipinski definition) is 14. The van der Waals surface area contributed by atoms with Crippen molar-refractivity contribution in [3.63, 3.8) is 0 Å². The molecular formula is C98H142O14. The molecule has 112 heavy (non-hydrogen) atoms. The second kappa shape index (κ2) is 51.9. The van der Waals surface area contributed by atoms with Crippen LogP contribution in [0.2, 0.25) is 0 Å². The van der Waals surface area contributed by atoms with Gasteiger partial charge in [-0.1, -0.05) is 236 Å². The third kappa shape index (κ3) is 28.1. The maximum atomic E-state index is 14.2. The molecule has 0 aromatic heterocycles. The molecule has 0 unspecified atom stereocenters.